The molecule has 0 spiro atoms. The summed E-state index contributed by atoms with van der Waals surface area (Å²) in [7, 11) is 0. The van der Waals surface area contributed by atoms with E-state index >= 15 is 0 Å². The van der Waals surface area contributed by atoms with Crippen molar-refractivity contribution in [1.29, 1.82) is 0 Å². The number of thiocarbonyl (C=S) groups is 1. The molecule has 1 N–H and O–H groups in total. The minimum atomic E-state index is -0.288. The molecule has 1 aliphatic carbocycles. The number of ether oxygens (including phenoxy) is 2. The molecule has 3 rings (SSSR count). The summed E-state index contributed by atoms with van der Waals surface area (Å²) in [5, 5.41) is 3.55. The number of nitrogens with one attached hydrogen (secondary N) is 1. The van der Waals surface area contributed by atoms with Crippen LogP contribution in [-0.2, 0) is 4.74 Å². The Hall–Kier alpha value is -2.40. The van der Waals surface area contributed by atoms with Gasteiger partial charge in [0.05, 0.1) is 12.2 Å². The quantitative estimate of drug-likeness (QED) is 0.665. The van der Waals surface area contributed by atoms with Crippen LogP contribution >= 0.6 is 12.2 Å². The Balaban J connectivity index is 1.43. The first kappa shape index (κ1) is 16.5. The second kappa shape index (κ2) is 7.93. The highest BCUT2D eigenvalue weighted by Gasteiger charge is 2.32. The Morgan fingerprint density at radius 1 is 1.04 bits per heavy atom. The molecule has 0 amide bonds. The molecule has 4 nitrogen and oxygen atoms in total. The monoisotopic (exact) mass is 341 g/mol. The zero-order valence-corrected chi connectivity index (χ0v) is 14.0. The Bertz CT molecular complexity index is 690. The van der Waals surface area contributed by atoms with E-state index in [9.17, 15) is 4.79 Å². The van der Waals surface area contributed by atoms with Crippen LogP contribution in [0.3, 0.4) is 0 Å². The second-order valence-corrected chi connectivity index (χ2v) is 6.13. The summed E-state index contributed by atoms with van der Waals surface area (Å²) in [5.74, 6) is 0.681. The van der Waals surface area contributed by atoms with Crippen molar-refractivity contribution < 1.29 is 14.3 Å². The van der Waals surface area contributed by atoms with Crippen LogP contribution in [0.1, 0.15) is 23.2 Å². The highest BCUT2D eigenvalue weighted by molar-refractivity contribution is 7.80. The fourth-order valence-electron chi connectivity index (χ4n) is 2.58. The first-order valence-electron chi connectivity index (χ1n) is 7.98. The third kappa shape index (κ3) is 4.32. The Kier molecular flexibility index (Phi) is 5.43. The molecule has 0 radical (unpaired) electrons. The number of hydrogen-bond donors (Lipinski definition) is 1. The zero-order valence-electron chi connectivity index (χ0n) is 13.2. The predicted octanol–water partition coefficient (Wildman–Crippen LogP) is 3.58. The van der Waals surface area contributed by atoms with Gasteiger partial charge >= 0.3 is 5.97 Å². The topological polar surface area (TPSA) is 47.6 Å². The molecule has 124 valence electrons. The van der Waals surface area contributed by atoms with E-state index in [2.05, 4.69) is 5.32 Å². The Morgan fingerprint density at radius 2 is 1.71 bits per heavy atom. The van der Waals surface area contributed by atoms with Crippen LogP contribution in [0.5, 0.6) is 5.75 Å². The van der Waals surface area contributed by atoms with Gasteiger partial charge in [-0.2, -0.15) is 0 Å². The van der Waals surface area contributed by atoms with Crippen LogP contribution in [0, 0.1) is 5.92 Å². The summed E-state index contributed by atoms with van der Waals surface area (Å²) in [4.78, 5) is 12.0. The number of rotatable bonds is 5. The van der Waals surface area contributed by atoms with E-state index in [0.29, 0.717) is 23.1 Å². The molecule has 1 aliphatic rings. The Morgan fingerprint density at radius 3 is 2.33 bits per heavy atom. The van der Waals surface area contributed by atoms with Gasteiger partial charge in [0.25, 0.3) is 5.17 Å². The van der Waals surface area contributed by atoms with Crippen LogP contribution in [0.25, 0.3) is 0 Å². The van der Waals surface area contributed by atoms with E-state index < -0.39 is 0 Å². The first-order chi connectivity index (χ1) is 11.7. The van der Waals surface area contributed by atoms with Gasteiger partial charge in [-0.1, -0.05) is 36.4 Å². The standard InChI is InChI=1S/C19H19NO3S/c21-18(14-7-3-1-4-8-14)22-13-15-11-12-17(15)20-19(24)23-16-9-5-2-6-10-16/h1-10,15,17H,11-13H2,(H,20,24)/t15-,17-/m0/s1. The Labute approximate surface area is 146 Å². The average Bonchev–Trinajstić information content (AvgIpc) is 2.60. The summed E-state index contributed by atoms with van der Waals surface area (Å²) in [6, 6.07) is 18.6. The summed E-state index contributed by atoms with van der Waals surface area (Å²) in [6.45, 7) is 0.388. The third-order valence-electron chi connectivity index (χ3n) is 4.11. The van der Waals surface area contributed by atoms with Gasteiger partial charge in [0.2, 0.25) is 0 Å². The van der Waals surface area contributed by atoms with Crippen molar-refractivity contribution in [3.8, 4) is 5.75 Å². The first-order valence-corrected chi connectivity index (χ1v) is 8.39. The van der Waals surface area contributed by atoms with E-state index in [-0.39, 0.29) is 17.9 Å². The minimum Gasteiger partial charge on any atom is -0.462 e. The number of esters is 1. The van der Waals surface area contributed by atoms with Gasteiger partial charge in [-0.25, -0.2) is 4.79 Å². The van der Waals surface area contributed by atoms with Gasteiger partial charge < -0.3 is 14.8 Å². The van der Waals surface area contributed by atoms with Gasteiger partial charge in [0, 0.05) is 12.0 Å². The largest absolute Gasteiger partial charge is 0.462 e. The molecule has 2 aromatic carbocycles. The van der Waals surface area contributed by atoms with Gasteiger partial charge in [-0.3, -0.25) is 0 Å². The van der Waals surface area contributed by atoms with Crippen molar-refractivity contribution in [2.24, 2.45) is 5.92 Å². The number of hydrogen-bond acceptors (Lipinski definition) is 4. The van der Waals surface area contributed by atoms with Gasteiger partial charge in [-0.15, -0.1) is 0 Å². The van der Waals surface area contributed by atoms with E-state index in [0.717, 1.165) is 12.8 Å². The average molecular weight is 341 g/mol. The number of carbonyl (C=O) groups excluding carboxylic acids is 1. The van der Waals surface area contributed by atoms with Crippen LogP contribution in [0.15, 0.2) is 60.7 Å². The van der Waals surface area contributed by atoms with Gasteiger partial charge in [-0.05, 0) is 49.3 Å². The van der Waals surface area contributed by atoms with Crippen LogP contribution in [0.2, 0.25) is 0 Å². The van der Waals surface area contributed by atoms with Crippen molar-refractivity contribution in [3.05, 3.63) is 66.2 Å². The molecular formula is C19H19NO3S. The maximum Gasteiger partial charge on any atom is 0.338 e. The van der Waals surface area contributed by atoms with E-state index in [1.165, 1.54) is 0 Å². The molecule has 5 heteroatoms. The van der Waals surface area contributed by atoms with E-state index in [4.69, 9.17) is 21.7 Å². The van der Waals surface area contributed by atoms with E-state index in [1.807, 2.05) is 48.5 Å². The molecule has 1 fully saturated rings. The lowest BCUT2D eigenvalue weighted by Gasteiger charge is -2.36. The summed E-state index contributed by atoms with van der Waals surface area (Å²) >= 11 is 5.24. The predicted molar refractivity (Wildman–Crippen MR) is 96.0 cm³/mol. The maximum atomic E-state index is 12.0. The molecule has 24 heavy (non-hydrogen) atoms. The van der Waals surface area contributed by atoms with Crippen molar-refractivity contribution >= 4 is 23.4 Å². The molecule has 2 aromatic rings. The SMILES string of the molecule is O=C(OC[C@@H]1CC[C@@H]1NC(=S)Oc1ccccc1)c1ccccc1. The lowest BCUT2D eigenvalue weighted by Crippen LogP contribution is -2.49. The minimum absolute atomic E-state index is 0.185. The van der Waals surface area contributed by atoms with Crippen LogP contribution in [0.4, 0.5) is 0 Å². The molecule has 0 saturated heterocycles. The molecule has 2 atom stereocenters. The summed E-state index contributed by atoms with van der Waals surface area (Å²) < 4.78 is 11.0. The van der Waals surface area contributed by atoms with Crippen molar-refractivity contribution in [2.75, 3.05) is 6.61 Å². The molecule has 0 aromatic heterocycles. The number of benzene rings is 2. The summed E-state index contributed by atoms with van der Waals surface area (Å²) in [6.07, 6.45) is 2.00. The number of carbonyl (C=O) groups is 1. The number of para-hydroxylation sites is 1. The molecule has 0 unspecified atom stereocenters. The lowest BCUT2D eigenvalue weighted by atomic mass is 9.80. The normalized spacial score (nSPS) is 19.0. The fourth-order valence-corrected chi connectivity index (χ4v) is 2.82. The molecule has 0 heterocycles. The fraction of sp³-hybridized carbons (Fsp3) is 0.263. The second-order valence-electron chi connectivity index (χ2n) is 5.76. The van der Waals surface area contributed by atoms with Crippen molar-refractivity contribution in [3.63, 3.8) is 0 Å². The molecule has 1 saturated carbocycles. The smallest absolute Gasteiger partial charge is 0.338 e. The van der Waals surface area contributed by atoms with Crippen molar-refractivity contribution in [1.82, 2.24) is 5.32 Å². The molecule has 0 aliphatic heterocycles. The van der Waals surface area contributed by atoms with Gasteiger partial charge in [0.15, 0.2) is 0 Å². The zero-order chi connectivity index (χ0) is 16.8. The molecular weight excluding hydrogens is 322 g/mol. The van der Waals surface area contributed by atoms with Crippen molar-refractivity contribution in [2.45, 2.75) is 18.9 Å². The van der Waals surface area contributed by atoms with E-state index in [1.54, 1.807) is 12.1 Å². The lowest BCUT2D eigenvalue weighted by molar-refractivity contribution is 0.0319. The van der Waals surface area contributed by atoms with Crippen LogP contribution < -0.4 is 10.1 Å². The third-order valence-corrected chi connectivity index (χ3v) is 4.31. The van der Waals surface area contributed by atoms with Crippen LogP contribution in [-0.4, -0.2) is 23.8 Å². The molecule has 0 bridgehead atoms. The summed E-state index contributed by atoms with van der Waals surface area (Å²) in [5.41, 5.74) is 0.573. The highest BCUT2D eigenvalue weighted by Crippen LogP contribution is 2.28. The highest BCUT2D eigenvalue weighted by atomic mass is 32.1. The van der Waals surface area contributed by atoms with Gasteiger partial charge in [0.1, 0.15) is 5.75 Å². The maximum absolute atomic E-state index is 12.0.